The molecule has 0 aromatic rings. The third-order valence-electron chi connectivity index (χ3n) is 0. The molecule has 8 nitrogen and oxygen atoms in total. The van der Waals surface area contributed by atoms with Crippen LogP contribution in [0.1, 0.15) is 2.85 Å². The van der Waals surface area contributed by atoms with Crippen molar-refractivity contribution < 1.29 is 152 Å². The van der Waals surface area contributed by atoms with E-state index in [1.54, 1.807) is 0 Å². The van der Waals surface area contributed by atoms with Crippen molar-refractivity contribution in [3.63, 3.8) is 0 Å². The molecule has 16 N–H and O–H groups in total. The zero-order valence-electron chi connectivity index (χ0n) is 9.49. The zero-order valence-corrected chi connectivity index (χ0v) is 26.6. The first-order valence-electron chi connectivity index (χ1n) is 0. The molecular weight excluding hydrogens is 798 g/mol. The van der Waals surface area contributed by atoms with Crippen molar-refractivity contribution in [3.05, 3.63) is 0 Å². The summed E-state index contributed by atoms with van der Waals surface area (Å²) in [5, 5.41) is 0. The third-order valence-corrected chi connectivity index (χ3v) is 0. The van der Waals surface area contributed by atoms with Crippen LogP contribution >= 0.6 is 0 Å². The Morgan fingerprint density at radius 1 is 0.500 bits per heavy atom. The van der Waals surface area contributed by atoms with Crippen LogP contribution in [0.2, 0.25) is 0 Å². The summed E-state index contributed by atoms with van der Waals surface area (Å²) in [5.41, 5.74) is 0. The van der Waals surface area contributed by atoms with E-state index in [1.807, 2.05) is 0 Å². The second kappa shape index (κ2) is 181. The summed E-state index contributed by atoms with van der Waals surface area (Å²) in [6.45, 7) is 0. The maximum absolute atomic E-state index is 0. The Morgan fingerprint density at radius 2 is 0.500 bits per heavy atom. The Bertz CT molecular complexity index is 36.0. The normalized spacial score (nSPS) is 0. The Morgan fingerprint density at radius 3 is 0.500 bits per heavy atom. The van der Waals surface area contributed by atoms with Gasteiger partial charge in [0.25, 0.3) is 0 Å². The molecule has 0 rings (SSSR count). The smallest absolute Gasteiger partial charge is 0 e. The predicted octanol–water partition coefficient (Wildman–Crippen LogP) is -7.68. The molecule has 14 heavy (non-hydrogen) atoms. The second-order valence-corrected chi connectivity index (χ2v) is 0. The van der Waals surface area contributed by atoms with Crippen molar-refractivity contribution in [2.75, 3.05) is 0 Å². The topological polar surface area (TPSA) is 252 Å². The van der Waals surface area contributed by atoms with Crippen LogP contribution in [0.15, 0.2) is 0 Å². The fourth-order valence-electron chi connectivity index (χ4n) is 0. The van der Waals surface area contributed by atoms with Gasteiger partial charge in [0.05, 0.1) is 0 Å². The molecular formula is H20BaLaO8PbTi2Zr. The summed E-state index contributed by atoms with van der Waals surface area (Å²) in [6, 6.07) is 0. The minimum absolute atomic E-state index is 0. The van der Waals surface area contributed by atoms with E-state index in [9.17, 15) is 0 Å². The second-order valence-electron chi connectivity index (χ2n) is 0. The van der Waals surface area contributed by atoms with Gasteiger partial charge in [0, 0.05) is 105 Å². The van der Waals surface area contributed by atoms with Gasteiger partial charge in [0.2, 0.25) is 0 Å². The molecule has 0 spiro atoms. The molecule has 0 aliphatic heterocycles. The maximum atomic E-state index is 0. The predicted molar refractivity (Wildman–Crippen MR) is 45.4 cm³/mol. The van der Waals surface area contributed by atoms with Crippen molar-refractivity contribution in [1.82, 2.24) is 0 Å². The number of hydrogen-bond acceptors (Lipinski definition) is 0. The zero-order chi connectivity index (χ0) is 0. The van der Waals surface area contributed by atoms with E-state index in [2.05, 4.69) is 0 Å². The van der Waals surface area contributed by atoms with E-state index in [4.69, 9.17) is 0 Å². The van der Waals surface area contributed by atoms with Crippen LogP contribution in [0, 0.1) is 35.6 Å². The number of hydrogen-bond donors (Lipinski definition) is 0. The summed E-state index contributed by atoms with van der Waals surface area (Å²) >= 11 is 0. The van der Waals surface area contributed by atoms with Gasteiger partial charge in [-0.3, -0.25) is 0 Å². The van der Waals surface area contributed by atoms with Gasteiger partial charge in [-0.15, -0.1) is 0 Å². The summed E-state index contributed by atoms with van der Waals surface area (Å²) in [7, 11) is 0. The number of rotatable bonds is 0. The van der Waals surface area contributed by atoms with Crippen LogP contribution in [-0.2, 0) is 69.6 Å². The standard InChI is InChI=1S/Ba.La.8H2O.Pb.2Ti.Zr.4H/h;;8*1H2;;;;;;;;/q+2;;;;;;;;;;;;;;;;2*-1. The van der Waals surface area contributed by atoms with Gasteiger partial charge in [-0.25, -0.2) is 0 Å². The molecule has 0 bridgehead atoms. The molecule has 0 amide bonds. The molecule has 89 valence electrons. The Labute approximate surface area is 222 Å². The Kier molecular flexibility index (Phi) is 2750. The average molecular weight is 819 g/mol. The van der Waals surface area contributed by atoms with Crippen LogP contribution in [0.5, 0.6) is 0 Å². The largest absolute Gasteiger partial charge is 0 e. The van der Waals surface area contributed by atoms with Crippen LogP contribution in [-0.4, -0.2) is 120 Å². The molecule has 14 heteroatoms. The average Bonchev–Trinajstić information content (AvgIpc) is 0. The van der Waals surface area contributed by atoms with E-state index >= 15 is 0 Å². The van der Waals surface area contributed by atoms with Gasteiger partial charge in [-0.05, 0) is 0 Å². The quantitative estimate of drug-likeness (QED) is 0.207. The molecule has 0 unspecified atom stereocenters. The Balaban J connectivity index is 0. The van der Waals surface area contributed by atoms with Crippen LogP contribution < -0.4 is 0 Å². The molecule has 3 radical (unpaired) electrons. The van der Waals surface area contributed by atoms with E-state index < -0.39 is 0 Å². The van der Waals surface area contributed by atoms with Gasteiger partial charge in [-0.1, -0.05) is 0 Å². The molecule has 0 saturated heterocycles. The molecule has 0 aliphatic rings. The molecule has 0 heterocycles. The van der Waals surface area contributed by atoms with Gasteiger partial charge in [-0.2, -0.15) is 0 Å². The molecule has 0 saturated carbocycles. The SMILES string of the molecule is O.O.O.O.O.O.O.O.[Ba+2].[H-].[H-].[La].[PbH2].[Ti].[Ti].[Zr]. The summed E-state index contributed by atoms with van der Waals surface area (Å²) in [6.07, 6.45) is 0. The summed E-state index contributed by atoms with van der Waals surface area (Å²) < 4.78 is 0. The molecule has 0 fully saturated rings. The van der Waals surface area contributed by atoms with Gasteiger partial charge < -0.3 is 46.7 Å². The minimum Gasteiger partial charge on any atom is 0 e. The fraction of sp³-hybridized carbons (Fsp3) is 0. The first-order valence-corrected chi connectivity index (χ1v) is 0. The van der Waals surface area contributed by atoms with Crippen LogP contribution in [0.25, 0.3) is 0 Å². The summed E-state index contributed by atoms with van der Waals surface area (Å²) in [4.78, 5) is 0. The molecule has 0 aromatic carbocycles. The maximum Gasteiger partial charge on any atom is 0 e. The van der Waals surface area contributed by atoms with Crippen molar-refractivity contribution in [2.45, 2.75) is 0 Å². The molecule has 0 atom stereocenters. The minimum atomic E-state index is 0. The van der Waals surface area contributed by atoms with Crippen LogP contribution in [0.3, 0.4) is 0 Å². The van der Waals surface area contributed by atoms with Crippen molar-refractivity contribution in [1.29, 1.82) is 0 Å². The van der Waals surface area contributed by atoms with Crippen LogP contribution in [0.4, 0.5) is 0 Å². The fourth-order valence-corrected chi connectivity index (χ4v) is 0. The van der Waals surface area contributed by atoms with Gasteiger partial charge in [0.1, 0.15) is 0 Å². The summed E-state index contributed by atoms with van der Waals surface area (Å²) in [5.74, 6) is 0. The van der Waals surface area contributed by atoms with Crippen molar-refractivity contribution in [2.24, 2.45) is 0 Å². The molecule has 0 aliphatic carbocycles. The van der Waals surface area contributed by atoms with Crippen molar-refractivity contribution in [3.8, 4) is 0 Å². The monoisotopic (exact) mass is 819 g/mol. The first kappa shape index (κ1) is 213. The van der Waals surface area contributed by atoms with Crippen molar-refractivity contribution >= 4 is 76.2 Å². The van der Waals surface area contributed by atoms with E-state index in [1.165, 1.54) is 0 Å². The van der Waals surface area contributed by atoms with E-state index in [-0.39, 0.29) is 228 Å². The molecule has 0 aromatic heterocycles. The van der Waals surface area contributed by atoms with Gasteiger partial charge >= 0.3 is 76.2 Å². The van der Waals surface area contributed by atoms with E-state index in [0.717, 1.165) is 0 Å². The first-order chi connectivity index (χ1) is 0. The van der Waals surface area contributed by atoms with Gasteiger partial charge in [0.15, 0.2) is 0 Å². The third kappa shape index (κ3) is 152. The Hall–Kier alpha value is 5.68. The van der Waals surface area contributed by atoms with E-state index in [0.29, 0.717) is 0 Å².